The van der Waals surface area contributed by atoms with E-state index in [0.29, 0.717) is 0 Å². The molecule has 0 atom stereocenters. The summed E-state index contributed by atoms with van der Waals surface area (Å²) in [5, 5.41) is 4.69. The van der Waals surface area contributed by atoms with Crippen LogP contribution in [0.2, 0.25) is 0 Å². The highest BCUT2D eigenvalue weighted by Crippen LogP contribution is 2.57. The molecule has 1 aliphatic rings. The maximum Gasteiger partial charge on any atom is 0.143 e. The van der Waals surface area contributed by atoms with E-state index in [1.165, 1.54) is 66.4 Å². The van der Waals surface area contributed by atoms with Crippen molar-refractivity contribution in [2.75, 3.05) is 0 Å². The monoisotopic (exact) mass is 801 g/mol. The Kier molecular flexibility index (Phi) is 7.85. The van der Waals surface area contributed by atoms with Gasteiger partial charge in [-0.15, -0.1) is 0 Å². The van der Waals surface area contributed by atoms with Gasteiger partial charge in [0.1, 0.15) is 11.2 Å². The number of nitrogens with zero attached hydrogens (tertiary/aromatic N) is 1. The summed E-state index contributed by atoms with van der Waals surface area (Å²) in [4.78, 5) is 0. The van der Waals surface area contributed by atoms with Gasteiger partial charge in [0.25, 0.3) is 0 Å². The Balaban J connectivity index is 1.02. The molecule has 0 unspecified atom stereocenters. The number of furan rings is 1. The Morgan fingerprint density at radius 3 is 1.71 bits per heavy atom. The van der Waals surface area contributed by atoms with E-state index in [4.69, 9.17) is 4.42 Å². The summed E-state index contributed by atoms with van der Waals surface area (Å²) < 4.78 is 9.05. The fourth-order valence-electron chi connectivity index (χ4n) is 10.7. The minimum absolute atomic E-state index is 0.460. The molecule has 0 saturated carbocycles. The minimum atomic E-state index is -0.460. The molecule has 0 radical (unpaired) electrons. The number of hydrogen-bond acceptors (Lipinski definition) is 1. The molecule has 13 rings (SSSR count). The first-order chi connectivity index (χ1) is 31.2. The molecule has 0 bridgehead atoms. The summed E-state index contributed by atoms with van der Waals surface area (Å²) >= 11 is 0. The third-order valence-corrected chi connectivity index (χ3v) is 13.5. The first-order valence-corrected chi connectivity index (χ1v) is 21.7. The van der Waals surface area contributed by atoms with E-state index in [-0.39, 0.29) is 0 Å². The van der Waals surface area contributed by atoms with Crippen molar-refractivity contribution in [3.8, 4) is 50.2 Å². The zero-order chi connectivity index (χ0) is 41.5. The predicted octanol–water partition coefficient (Wildman–Crippen LogP) is 16.0. The van der Waals surface area contributed by atoms with Crippen molar-refractivity contribution >= 4 is 43.7 Å². The summed E-state index contributed by atoms with van der Waals surface area (Å²) in [7, 11) is 0. The maximum absolute atomic E-state index is 6.61. The summed E-state index contributed by atoms with van der Waals surface area (Å²) in [6.07, 6.45) is 0. The summed E-state index contributed by atoms with van der Waals surface area (Å²) in [6.45, 7) is 0. The Hall–Kier alpha value is -8.20. The summed E-state index contributed by atoms with van der Waals surface area (Å²) in [6, 6.07) is 86.6. The van der Waals surface area contributed by atoms with Crippen LogP contribution >= 0.6 is 0 Å². The molecule has 1 aliphatic carbocycles. The molecule has 63 heavy (non-hydrogen) atoms. The first kappa shape index (κ1) is 35.5. The predicted molar refractivity (Wildman–Crippen MR) is 262 cm³/mol. The lowest BCUT2D eigenvalue weighted by molar-refractivity contribution is 0.670. The van der Waals surface area contributed by atoms with Gasteiger partial charge in [0.05, 0.1) is 16.4 Å². The number of hydrogen-bond donors (Lipinski definition) is 0. The second-order valence-corrected chi connectivity index (χ2v) is 16.8. The van der Waals surface area contributed by atoms with Gasteiger partial charge in [-0.3, -0.25) is 0 Å². The molecule has 2 heterocycles. The lowest BCUT2D eigenvalue weighted by atomic mass is 9.67. The van der Waals surface area contributed by atoms with E-state index in [2.05, 4.69) is 235 Å². The Morgan fingerprint density at radius 2 is 0.905 bits per heavy atom. The lowest BCUT2D eigenvalue weighted by Gasteiger charge is -2.34. The van der Waals surface area contributed by atoms with E-state index < -0.39 is 5.41 Å². The van der Waals surface area contributed by atoms with Gasteiger partial charge in [-0.1, -0.05) is 188 Å². The van der Waals surface area contributed by atoms with Gasteiger partial charge in [0.15, 0.2) is 0 Å². The van der Waals surface area contributed by atoms with Crippen LogP contribution < -0.4 is 0 Å². The lowest BCUT2D eigenvalue weighted by Crippen LogP contribution is -2.28. The quantitative estimate of drug-likeness (QED) is 0.164. The van der Waals surface area contributed by atoms with Gasteiger partial charge in [-0.05, 0) is 110 Å². The molecular weight excluding hydrogens is 763 g/mol. The summed E-state index contributed by atoms with van der Waals surface area (Å²) in [5.74, 6) is 0. The number of rotatable bonds is 6. The third-order valence-electron chi connectivity index (χ3n) is 13.5. The van der Waals surface area contributed by atoms with Crippen LogP contribution in [0.15, 0.2) is 241 Å². The maximum atomic E-state index is 6.61. The Morgan fingerprint density at radius 1 is 0.317 bits per heavy atom. The fraction of sp³-hybridized carbons (Fsp3) is 0.0164. The van der Waals surface area contributed by atoms with Crippen molar-refractivity contribution in [2.45, 2.75) is 5.41 Å². The highest BCUT2D eigenvalue weighted by Gasteiger charge is 2.46. The van der Waals surface area contributed by atoms with Crippen LogP contribution in [-0.4, -0.2) is 4.57 Å². The smallest absolute Gasteiger partial charge is 0.143 e. The SMILES string of the molecule is c1ccc(-c2cc(-c3cccc4c3oc3ccccc34)cc(-n3c4ccccc4c4cc(-c5ccc6c(c5)C(c5ccccc5)(c5ccccc5)c5ccccc5-6)ccc43)c2)cc1. The van der Waals surface area contributed by atoms with Crippen molar-refractivity contribution < 1.29 is 4.42 Å². The van der Waals surface area contributed by atoms with Gasteiger partial charge in [0.2, 0.25) is 0 Å². The molecule has 294 valence electrons. The second-order valence-electron chi connectivity index (χ2n) is 16.8. The zero-order valence-electron chi connectivity index (χ0n) is 34.4. The average Bonchev–Trinajstić information content (AvgIpc) is 4.01. The first-order valence-electron chi connectivity index (χ1n) is 21.7. The molecule has 2 aromatic heterocycles. The molecule has 0 N–H and O–H groups in total. The normalized spacial score (nSPS) is 12.9. The van der Waals surface area contributed by atoms with Crippen LogP contribution in [0.25, 0.3) is 93.9 Å². The van der Waals surface area contributed by atoms with E-state index in [0.717, 1.165) is 49.8 Å². The molecule has 2 nitrogen and oxygen atoms in total. The van der Waals surface area contributed by atoms with Crippen molar-refractivity contribution in [3.05, 3.63) is 259 Å². The second kappa shape index (κ2) is 13.9. The Bertz CT molecular complexity index is 3690. The zero-order valence-corrected chi connectivity index (χ0v) is 34.4. The van der Waals surface area contributed by atoms with Crippen LogP contribution in [0.1, 0.15) is 22.3 Å². The molecule has 0 saturated heterocycles. The molecular formula is C61H39NO. The van der Waals surface area contributed by atoms with Crippen molar-refractivity contribution in [3.63, 3.8) is 0 Å². The van der Waals surface area contributed by atoms with E-state index >= 15 is 0 Å². The van der Waals surface area contributed by atoms with Crippen LogP contribution in [0.4, 0.5) is 0 Å². The van der Waals surface area contributed by atoms with Crippen molar-refractivity contribution in [2.24, 2.45) is 0 Å². The van der Waals surface area contributed by atoms with Crippen molar-refractivity contribution in [1.82, 2.24) is 4.57 Å². The number of benzene rings is 10. The van der Waals surface area contributed by atoms with E-state index in [1.54, 1.807) is 0 Å². The molecule has 0 aliphatic heterocycles. The van der Waals surface area contributed by atoms with Gasteiger partial charge < -0.3 is 8.98 Å². The van der Waals surface area contributed by atoms with Crippen LogP contribution in [-0.2, 0) is 5.41 Å². The highest BCUT2D eigenvalue weighted by molar-refractivity contribution is 6.12. The average molecular weight is 802 g/mol. The van der Waals surface area contributed by atoms with Crippen LogP contribution in [0, 0.1) is 0 Å². The van der Waals surface area contributed by atoms with Gasteiger partial charge in [0, 0.05) is 32.8 Å². The van der Waals surface area contributed by atoms with E-state index in [9.17, 15) is 0 Å². The molecule has 0 amide bonds. The van der Waals surface area contributed by atoms with Crippen LogP contribution in [0.3, 0.4) is 0 Å². The molecule has 0 spiro atoms. The Labute approximate surface area is 365 Å². The molecule has 0 fully saturated rings. The topological polar surface area (TPSA) is 18.1 Å². The van der Waals surface area contributed by atoms with Gasteiger partial charge >= 0.3 is 0 Å². The number of para-hydroxylation sites is 3. The largest absolute Gasteiger partial charge is 0.455 e. The molecule has 12 aromatic rings. The highest BCUT2D eigenvalue weighted by atomic mass is 16.3. The van der Waals surface area contributed by atoms with E-state index in [1.807, 2.05) is 6.07 Å². The van der Waals surface area contributed by atoms with Crippen LogP contribution in [0.5, 0.6) is 0 Å². The standard InChI is InChI=1S/C61H39NO/c1-4-17-40(18-5-1)43-35-44(48-26-16-27-53-52-25-12-15-30-59(52)63-60(48)53)37-47(36-43)62-57-29-14-11-24-51(57)54-38-41(32-34-58(54)62)42-31-33-50-49-23-10-13-28-55(49)61(56(50)39-42,45-19-6-2-7-20-45)46-21-8-3-9-22-46/h1-39H. The third kappa shape index (κ3) is 5.32. The van der Waals surface area contributed by atoms with Crippen molar-refractivity contribution in [1.29, 1.82) is 0 Å². The molecule has 2 heteroatoms. The minimum Gasteiger partial charge on any atom is -0.455 e. The van der Waals surface area contributed by atoms with Gasteiger partial charge in [-0.2, -0.15) is 0 Å². The summed E-state index contributed by atoms with van der Waals surface area (Å²) in [5.41, 5.74) is 19.4. The molecule has 10 aromatic carbocycles. The van der Waals surface area contributed by atoms with Gasteiger partial charge in [-0.25, -0.2) is 0 Å². The fourth-order valence-corrected chi connectivity index (χ4v) is 10.7. The number of aromatic nitrogens is 1. The number of fused-ring (bicyclic) bond motifs is 9.